The average molecular weight is 370 g/mol. The Hall–Kier alpha value is -2.39. The minimum atomic E-state index is -4.42. The van der Waals surface area contributed by atoms with Crippen LogP contribution in [-0.2, 0) is 14.3 Å². The van der Waals surface area contributed by atoms with E-state index in [4.69, 9.17) is 9.47 Å². The molecule has 0 radical (unpaired) electrons. The molecule has 0 saturated heterocycles. The van der Waals surface area contributed by atoms with E-state index in [1.807, 2.05) is 0 Å². The van der Waals surface area contributed by atoms with Gasteiger partial charge in [0, 0.05) is 18.9 Å². The van der Waals surface area contributed by atoms with Crippen LogP contribution in [-0.4, -0.2) is 38.0 Å². The summed E-state index contributed by atoms with van der Waals surface area (Å²) in [6.45, 7) is -1.74. The van der Waals surface area contributed by atoms with Gasteiger partial charge in [0.05, 0.1) is 7.11 Å². The van der Waals surface area contributed by atoms with E-state index in [0.717, 1.165) is 12.1 Å². The zero-order valence-corrected chi connectivity index (χ0v) is 13.1. The zero-order valence-electron chi connectivity index (χ0n) is 13.1. The molecule has 0 saturated carbocycles. The number of ether oxygens (including phenoxy) is 3. The second-order valence-electron chi connectivity index (χ2n) is 4.85. The fourth-order valence-electron chi connectivity index (χ4n) is 1.59. The van der Waals surface area contributed by atoms with Gasteiger partial charge in [0.15, 0.2) is 18.1 Å². The molecule has 0 fully saturated rings. The first-order valence-electron chi connectivity index (χ1n) is 7.01. The maximum absolute atomic E-state index is 13.0. The van der Waals surface area contributed by atoms with Crippen LogP contribution in [0.15, 0.2) is 18.2 Å². The molecule has 0 aliphatic rings. The van der Waals surface area contributed by atoms with Gasteiger partial charge in [0.1, 0.15) is 5.82 Å². The highest BCUT2D eigenvalue weighted by atomic mass is 19.3. The molecule has 0 unspecified atom stereocenters. The van der Waals surface area contributed by atoms with Crippen LogP contribution in [0.4, 0.5) is 22.0 Å². The smallest absolute Gasteiger partial charge is 0.340 e. The number of methoxy groups -OCH3 is 1. The third kappa shape index (κ3) is 6.94. The van der Waals surface area contributed by atoms with Crippen molar-refractivity contribution in [1.82, 2.24) is 0 Å². The summed E-state index contributed by atoms with van der Waals surface area (Å²) >= 11 is 0. The van der Waals surface area contributed by atoms with Gasteiger partial charge in [0.2, 0.25) is 0 Å². The molecule has 0 aromatic heterocycles. The molecule has 0 aliphatic heterocycles. The second kappa shape index (κ2) is 9.19. The zero-order chi connectivity index (χ0) is 19.0. The van der Waals surface area contributed by atoms with Gasteiger partial charge in [-0.2, -0.15) is 8.78 Å². The number of benzene rings is 1. The minimum absolute atomic E-state index is 0.0120. The van der Waals surface area contributed by atoms with Gasteiger partial charge in [0.25, 0.3) is 0 Å². The molecule has 1 aromatic rings. The fourth-order valence-corrected chi connectivity index (χ4v) is 1.59. The fraction of sp³-hybridized carbons (Fsp3) is 0.467. The summed E-state index contributed by atoms with van der Waals surface area (Å²) in [5.74, 6) is -6.99. The molecular formula is C15H15F5O5. The van der Waals surface area contributed by atoms with Crippen LogP contribution < -0.4 is 9.47 Å². The summed E-state index contributed by atoms with van der Waals surface area (Å²) < 4.78 is 75.7. The maximum atomic E-state index is 13.0. The van der Waals surface area contributed by atoms with Gasteiger partial charge in [-0.1, -0.05) is 0 Å². The lowest BCUT2D eigenvalue weighted by Crippen LogP contribution is -2.33. The predicted molar refractivity (Wildman–Crippen MR) is 74.3 cm³/mol. The van der Waals surface area contributed by atoms with E-state index >= 15 is 0 Å². The van der Waals surface area contributed by atoms with Crippen molar-refractivity contribution in [3.8, 4) is 11.5 Å². The second-order valence-corrected chi connectivity index (χ2v) is 4.85. The Bertz CT molecular complexity index is 606. The number of rotatable bonds is 9. The Morgan fingerprint density at radius 3 is 2.36 bits per heavy atom. The highest BCUT2D eigenvalue weighted by Gasteiger charge is 2.42. The van der Waals surface area contributed by atoms with Crippen LogP contribution in [0, 0.1) is 5.82 Å². The summed E-state index contributed by atoms with van der Waals surface area (Å²) in [4.78, 5) is 22.8. The monoisotopic (exact) mass is 370 g/mol. The van der Waals surface area contributed by atoms with Gasteiger partial charge in [-0.05, 0) is 18.6 Å². The molecule has 0 N–H and O–H groups in total. The van der Waals surface area contributed by atoms with Crippen molar-refractivity contribution >= 4 is 11.9 Å². The van der Waals surface area contributed by atoms with Crippen LogP contribution in [0.2, 0.25) is 0 Å². The van der Waals surface area contributed by atoms with Crippen molar-refractivity contribution < 1.29 is 45.8 Å². The number of hydrogen-bond acceptors (Lipinski definition) is 5. The average Bonchev–Trinajstić information content (AvgIpc) is 2.54. The van der Waals surface area contributed by atoms with E-state index in [-0.39, 0.29) is 24.3 Å². The molecule has 0 spiro atoms. The van der Waals surface area contributed by atoms with E-state index in [9.17, 15) is 31.5 Å². The molecule has 0 amide bonds. The van der Waals surface area contributed by atoms with Gasteiger partial charge in [-0.3, -0.25) is 9.59 Å². The molecule has 140 valence electrons. The molecular weight excluding hydrogens is 355 g/mol. The number of carbonyl (C=O) groups is 2. The van der Waals surface area contributed by atoms with Crippen molar-refractivity contribution in [2.75, 3.05) is 13.7 Å². The Morgan fingerprint density at radius 1 is 1.12 bits per heavy atom. The lowest BCUT2D eigenvalue weighted by atomic mass is 10.2. The van der Waals surface area contributed by atoms with Crippen molar-refractivity contribution in [3.63, 3.8) is 0 Å². The van der Waals surface area contributed by atoms with Crippen molar-refractivity contribution in [2.45, 2.75) is 31.6 Å². The molecule has 1 aromatic carbocycles. The molecule has 0 aliphatic carbocycles. The normalized spacial score (nSPS) is 11.3. The number of esters is 2. The van der Waals surface area contributed by atoms with Gasteiger partial charge in [-0.15, -0.1) is 0 Å². The predicted octanol–water partition coefficient (Wildman–Crippen LogP) is 3.35. The van der Waals surface area contributed by atoms with E-state index in [1.54, 1.807) is 0 Å². The van der Waals surface area contributed by atoms with Gasteiger partial charge >= 0.3 is 24.3 Å². The number of alkyl halides is 4. The Labute approximate surface area is 139 Å². The Balaban J connectivity index is 2.36. The number of halogens is 5. The topological polar surface area (TPSA) is 61.8 Å². The number of carbonyl (C=O) groups excluding carboxylic acids is 2. The molecule has 0 heterocycles. The summed E-state index contributed by atoms with van der Waals surface area (Å²) in [6.07, 6.45) is -4.77. The lowest BCUT2D eigenvalue weighted by molar-refractivity contribution is -0.179. The highest BCUT2D eigenvalue weighted by molar-refractivity contribution is 5.74. The quantitative estimate of drug-likeness (QED) is 0.379. The SMILES string of the molecule is COc1cc(F)ccc1OC(=O)CCCC(=O)OCC(F)(F)C(F)F. The minimum Gasteiger partial charge on any atom is -0.493 e. The highest BCUT2D eigenvalue weighted by Crippen LogP contribution is 2.28. The van der Waals surface area contributed by atoms with Crippen LogP contribution in [0.3, 0.4) is 0 Å². The van der Waals surface area contributed by atoms with E-state index < -0.39 is 43.1 Å². The first-order chi connectivity index (χ1) is 11.7. The summed E-state index contributed by atoms with van der Waals surface area (Å²) in [7, 11) is 1.25. The van der Waals surface area contributed by atoms with Crippen LogP contribution in [0.25, 0.3) is 0 Å². The largest absolute Gasteiger partial charge is 0.493 e. The van der Waals surface area contributed by atoms with E-state index in [0.29, 0.717) is 0 Å². The van der Waals surface area contributed by atoms with E-state index in [2.05, 4.69) is 4.74 Å². The first-order valence-corrected chi connectivity index (χ1v) is 7.01. The standard InChI is InChI=1S/C15H15F5O5/c1-23-11-7-9(16)5-6-10(11)25-13(22)4-2-3-12(21)24-8-15(19,20)14(17)18/h5-7,14H,2-4,8H2,1H3. The molecule has 1 rings (SSSR count). The maximum Gasteiger partial charge on any atom is 0.340 e. The molecule has 0 bridgehead atoms. The number of hydrogen-bond donors (Lipinski definition) is 0. The molecule has 10 heteroatoms. The first kappa shape index (κ1) is 20.7. The van der Waals surface area contributed by atoms with Crippen molar-refractivity contribution in [1.29, 1.82) is 0 Å². The molecule has 25 heavy (non-hydrogen) atoms. The third-order valence-electron chi connectivity index (χ3n) is 2.86. The molecule has 5 nitrogen and oxygen atoms in total. The van der Waals surface area contributed by atoms with E-state index in [1.165, 1.54) is 13.2 Å². The third-order valence-corrected chi connectivity index (χ3v) is 2.86. The lowest BCUT2D eigenvalue weighted by Gasteiger charge is -2.14. The van der Waals surface area contributed by atoms with Crippen molar-refractivity contribution in [3.05, 3.63) is 24.0 Å². The van der Waals surface area contributed by atoms with Crippen LogP contribution >= 0.6 is 0 Å². The van der Waals surface area contributed by atoms with Crippen molar-refractivity contribution in [2.24, 2.45) is 0 Å². The molecule has 0 atom stereocenters. The Morgan fingerprint density at radius 2 is 1.76 bits per heavy atom. The van der Waals surface area contributed by atoms with Gasteiger partial charge in [-0.25, -0.2) is 13.2 Å². The Kier molecular flexibility index (Phi) is 7.59. The van der Waals surface area contributed by atoms with Gasteiger partial charge < -0.3 is 14.2 Å². The summed E-state index contributed by atoms with van der Waals surface area (Å²) in [5.41, 5.74) is 0. The van der Waals surface area contributed by atoms with Crippen LogP contribution in [0.5, 0.6) is 11.5 Å². The summed E-state index contributed by atoms with van der Waals surface area (Å²) in [6, 6.07) is 3.22. The van der Waals surface area contributed by atoms with Crippen LogP contribution in [0.1, 0.15) is 19.3 Å². The summed E-state index contributed by atoms with van der Waals surface area (Å²) in [5, 5.41) is 0.